The summed E-state index contributed by atoms with van der Waals surface area (Å²) in [7, 11) is -3.10. The van der Waals surface area contributed by atoms with Crippen molar-refractivity contribution in [3.63, 3.8) is 0 Å². The highest BCUT2D eigenvalue weighted by Crippen LogP contribution is 2.28. The predicted octanol–water partition coefficient (Wildman–Crippen LogP) is 2.61. The Labute approximate surface area is 144 Å². The minimum atomic E-state index is -3.10. The molecule has 1 fully saturated rings. The van der Waals surface area contributed by atoms with Crippen molar-refractivity contribution in [3.05, 3.63) is 29.8 Å². The lowest BCUT2D eigenvalue weighted by molar-refractivity contribution is -0.152. The second kappa shape index (κ2) is 6.75. The Hall–Kier alpha value is -1.56. The lowest BCUT2D eigenvalue weighted by atomic mass is 9.99. The van der Waals surface area contributed by atoms with Crippen LogP contribution in [0.3, 0.4) is 0 Å². The molecule has 1 aliphatic heterocycles. The molecule has 0 aliphatic carbocycles. The monoisotopic (exact) mass is 353 g/mol. The number of hydrogen-bond acceptors (Lipinski definition) is 4. The molecule has 1 aliphatic rings. The van der Waals surface area contributed by atoms with Gasteiger partial charge >= 0.3 is 0 Å². The SMILES string of the molecule is CC(C)c1cccc(OC(C)(C)C(=O)N2CC[C@H]2CS(C)(=O)=O)c1. The van der Waals surface area contributed by atoms with Crippen molar-refractivity contribution in [2.24, 2.45) is 0 Å². The zero-order chi connectivity index (χ0) is 18.1. The summed E-state index contributed by atoms with van der Waals surface area (Å²) in [6.45, 7) is 8.24. The third-order valence-corrected chi connectivity index (χ3v) is 5.30. The first kappa shape index (κ1) is 18.8. The highest BCUT2D eigenvalue weighted by molar-refractivity contribution is 7.90. The Balaban J connectivity index is 2.09. The summed E-state index contributed by atoms with van der Waals surface area (Å²) < 4.78 is 28.9. The molecule has 0 spiro atoms. The summed E-state index contributed by atoms with van der Waals surface area (Å²) in [5.41, 5.74) is 0.112. The molecule has 6 heteroatoms. The molecular weight excluding hydrogens is 326 g/mol. The first-order valence-corrected chi connectivity index (χ1v) is 10.3. The molecule has 24 heavy (non-hydrogen) atoms. The average molecular weight is 353 g/mol. The highest BCUT2D eigenvalue weighted by Gasteiger charge is 2.42. The Bertz CT molecular complexity index is 709. The van der Waals surface area contributed by atoms with Crippen LogP contribution in [-0.2, 0) is 14.6 Å². The zero-order valence-corrected chi connectivity index (χ0v) is 15.9. The van der Waals surface area contributed by atoms with Crippen LogP contribution in [0.1, 0.15) is 45.6 Å². The number of rotatable bonds is 6. The first-order valence-electron chi connectivity index (χ1n) is 8.27. The topological polar surface area (TPSA) is 63.7 Å². The molecule has 1 heterocycles. The van der Waals surface area contributed by atoms with Gasteiger partial charge in [0.25, 0.3) is 5.91 Å². The molecule has 0 saturated carbocycles. The van der Waals surface area contributed by atoms with Gasteiger partial charge in [-0.15, -0.1) is 0 Å². The van der Waals surface area contributed by atoms with Gasteiger partial charge in [0.05, 0.1) is 5.75 Å². The van der Waals surface area contributed by atoms with Crippen LogP contribution in [0.15, 0.2) is 24.3 Å². The van der Waals surface area contributed by atoms with E-state index in [1.165, 1.54) is 6.26 Å². The Morgan fingerprint density at radius 3 is 2.54 bits per heavy atom. The predicted molar refractivity (Wildman–Crippen MR) is 95.1 cm³/mol. The second-order valence-electron chi connectivity index (χ2n) is 7.37. The molecule has 1 atom stereocenters. The lowest BCUT2D eigenvalue weighted by Crippen LogP contribution is -2.60. The summed E-state index contributed by atoms with van der Waals surface area (Å²) in [6, 6.07) is 7.50. The van der Waals surface area contributed by atoms with Crippen LogP contribution in [0.4, 0.5) is 0 Å². The van der Waals surface area contributed by atoms with Gasteiger partial charge in [-0.3, -0.25) is 4.79 Å². The van der Waals surface area contributed by atoms with E-state index in [0.717, 1.165) is 12.0 Å². The largest absolute Gasteiger partial charge is 0.478 e. The van der Waals surface area contributed by atoms with Gasteiger partial charge in [-0.1, -0.05) is 26.0 Å². The van der Waals surface area contributed by atoms with Crippen molar-refractivity contribution >= 4 is 15.7 Å². The fourth-order valence-electron chi connectivity index (χ4n) is 2.85. The quantitative estimate of drug-likeness (QED) is 0.789. The van der Waals surface area contributed by atoms with Gasteiger partial charge in [-0.2, -0.15) is 0 Å². The molecule has 0 aromatic heterocycles. The second-order valence-corrected chi connectivity index (χ2v) is 9.56. The molecule has 0 radical (unpaired) electrons. The van der Waals surface area contributed by atoms with E-state index in [-0.39, 0.29) is 17.7 Å². The van der Waals surface area contributed by atoms with Crippen LogP contribution >= 0.6 is 0 Å². The Morgan fingerprint density at radius 1 is 1.38 bits per heavy atom. The summed E-state index contributed by atoms with van der Waals surface area (Å²) in [5.74, 6) is 0.872. The molecule has 1 saturated heterocycles. The number of likely N-dealkylation sites (tertiary alicyclic amines) is 1. The van der Waals surface area contributed by atoms with Gasteiger partial charge < -0.3 is 9.64 Å². The van der Waals surface area contributed by atoms with Crippen LogP contribution in [0.25, 0.3) is 0 Å². The molecule has 0 unspecified atom stereocenters. The Kier molecular flexibility index (Phi) is 5.28. The minimum absolute atomic E-state index is 0.0116. The maximum Gasteiger partial charge on any atom is 0.266 e. The summed E-state index contributed by atoms with van der Waals surface area (Å²) in [4.78, 5) is 14.4. The maximum absolute atomic E-state index is 12.8. The number of carbonyl (C=O) groups excluding carboxylic acids is 1. The van der Waals surface area contributed by atoms with Gasteiger partial charge in [0.15, 0.2) is 5.60 Å². The number of hydrogen-bond donors (Lipinski definition) is 0. The van der Waals surface area contributed by atoms with Crippen LogP contribution < -0.4 is 4.74 Å². The molecule has 1 aromatic carbocycles. The Morgan fingerprint density at radius 2 is 2.04 bits per heavy atom. The zero-order valence-electron chi connectivity index (χ0n) is 15.1. The summed E-state index contributed by atoms with van der Waals surface area (Å²) in [6.07, 6.45) is 1.92. The molecule has 2 rings (SSSR count). The molecule has 0 bridgehead atoms. The van der Waals surface area contributed by atoms with E-state index in [2.05, 4.69) is 13.8 Å². The molecular formula is C18H27NO4S. The minimum Gasteiger partial charge on any atom is -0.478 e. The van der Waals surface area contributed by atoms with Gasteiger partial charge in [0.2, 0.25) is 0 Å². The van der Waals surface area contributed by atoms with E-state index in [0.29, 0.717) is 18.2 Å². The molecule has 1 amide bonds. The molecule has 134 valence electrons. The van der Waals surface area contributed by atoms with E-state index in [4.69, 9.17) is 4.74 Å². The van der Waals surface area contributed by atoms with E-state index in [1.807, 2.05) is 24.3 Å². The standard InChI is InChI=1S/C18H27NO4S/c1-13(2)14-7-6-8-16(11-14)23-18(3,4)17(20)19-10-9-15(19)12-24(5,21)22/h6-8,11,13,15H,9-10,12H2,1-5H3/t15-/m0/s1. The molecule has 5 nitrogen and oxygen atoms in total. The van der Waals surface area contributed by atoms with Crippen LogP contribution in [-0.4, -0.2) is 49.4 Å². The van der Waals surface area contributed by atoms with Crippen molar-refractivity contribution in [2.75, 3.05) is 18.6 Å². The summed E-state index contributed by atoms with van der Waals surface area (Å²) >= 11 is 0. The van der Waals surface area contributed by atoms with Crippen LogP contribution in [0.5, 0.6) is 5.75 Å². The van der Waals surface area contributed by atoms with Crippen molar-refractivity contribution in [2.45, 2.75) is 51.7 Å². The summed E-state index contributed by atoms with van der Waals surface area (Å²) in [5, 5.41) is 0. The lowest BCUT2D eigenvalue weighted by Gasteiger charge is -2.44. The first-order chi connectivity index (χ1) is 11.0. The smallest absolute Gasteiger partial charge is 0.266 e. The van der Waals surface area contributed by atoms with Gasteiger partial charge in [-0.25, -0.2) is 8.42 Å². The number of ether oxygens (including phenoxy) is 1. The van der Waals surface area contributed by atoms with E-state index >= 15 is 0 Å². The van der Waals surface area contributed by atoms with Crippen LogP contribution in [0, 0.1) is 0 Å². The molecule has 1 aromatic rings. The van der Waals surface area contributed by atoms with E-state index < -0.39 is 15.4 Å². The van der Waals surface area contributed by atoms with E-state index in [1.54, 1.807) is 18.7 Å². The maximum atomic E-state index is 12.8. The third kappa shape index (κ3) is 4.50. The molecule has 0 N–H and O–H groups in total. The van der Waals surface area contributed by atoms with Crippen molar-refractivity contribution in [1.82, 2.24) is 4.90 Å². The van der Waals surface area contributed by atoms with Gasteiger partial charge in [0.1, 0.15) is 15.6 Å². The number of nitrogens with zero attached hydrogens (tertiary/aromatic N) is 1. The number of carbonyl (C=O) groups is 1. The fraction of sp³-hybridized carbons (Fsp3) is 0.611. The third-order valence-electron chi connectivity index (χ3n) is 4.31. The number of amides is 1. The highest BCUT2D eigenvalue weighted by atomic mass is 32.2. The normalized spacial score (nSPS) is 18.4. The van der Waals surface area contributed by atoms with E-state index in [9.17, 15) is 13.2 Å². The van der Waals surface area contributed by atoms with Crippen molar-refractivity contribution in [3.8, 4) is 5.75 Å². The number of benzene rings is 1. The van der Waals surface area contributed by atoms with Gasteiger partial charge in [0, 0.05) is 18.8 Å². The van der Waals surface area contributed by atoms with Crippen molar-refractivity contribution < 1.29 is 17.9 Å². The number of sulfone groups is 1. The van der Waals surface area contributed by atoms with Gasteiger partial charge in [-0.05, 0) is 43.9 Å². The van der Waals surface area contributed by atoms with Crippen molar-refractivity contribution in [1.29, 1.82) is 0 Å². The van der Waals surface area contributed by atoms with Crippen LogP contribution in [0.2, 0.25) is 0 Å². The fourth-order valence-corrected chi connectivity index (χ4v) is 3.90. The average Bonchev–Trinajstić information content (AvgIpc) is 2.42.